The topological polar surface area (TPSA) is 57.7 Å². The van der Waals surface area contributed by atoms with Crippen LogP contribution in [0.5, 0.6) is 5.75 Å². The summed E-state index contributed by atoms with van der Waals surface area (Å²) < 4.78 is 6.22. The average molecular weight is 365 g/mol. The number of hydrogen-bond acceptors (Lipinski definition) is 5. The van der Waals surface area contributed by atoms with Gasteiger partial charge in [-0.3, -0.25) is 0 Å². The molecule has 1 aromatic rings. The minimum absolute atomic E-state index is 0.0120. The van der Waals surface area contributed by atoms with E-state index in [0.29, 0.717) is 18.3 Å². The Bertz CT molecular complexity index is 580. The molecule has 25 heavy (non-hydrogen) atoms. The number of thioether (sulfide) groups is 1. The Morgan fingerprint density at radius 3 is 3.00 bits per heavy atom. The van der Waals surface area contributed by atoms with Crippen LogP contribution in [0.15, 0.2) is 18.3 Å². The Labute approximate surface area is 154 Å². The van der Waals surface area contributed by atoms with Crippen molar-refractivity contribution in [1.82, 2.24) is 15.2 Å². The van der Waals surface area contributed by atoms with Gasteiger partial charge in [-0.05, 0) is 31.2 Å². The van der Waals surface area contributed by atoms with Gasteiger partial charge in [0.15, 0.2) is 11.6 Å². The molecule has 0 aromatic carbocycles. The highest BCUT2D eigenvalue weighted by Gasteiger charge is 2.29. The molecule has 2 saturated heterocycles. The lowest BCUT2D eigenvalue weighted by atomic mass is 10.3. The molecule has 0 spiro atoms. The zero-order valence-electron chi connectivity index (χ0n) is 15.1. The monoisotopic (exact) mass is 364 g/mol. The van der Waals surface area contributed by atoms with Crippen LogP contribution in [0.4, 0.5) is 10.6 Å². The fraction of sp³-hybridized carbons (Fsp3) is 0.667. The Morgan fingerprint density at radius 2 is 2.24 bits per heavy atom. The van der Waals surface area contributed by atoms with E-state index in [1.807, 2.05) is 23.2 Å². The van der Waals surface area contributed by atoms with Gasteiger partial charge in [0.2, 0.25) is 0 Å². The third kappa shape index (κ3) is 4.71. The number of rotatable bonds is 6. The van der Waals surface area contributed by atoms with Crippen LogP contribution >= 0.6 is 11.8 Å². The van der Waals surface area contributed by atoms with Crippen LogP contribution in [0, 0.1) is 0 Å². The zero-order valence-corrected chi connectivity index (χ0v) is 15.9. The van der Waals surface area contributed by atoms with E-state index in [4.69, 9.17) is 4.74 Å². The number of nitrogens with one attached hydrogen (secondary N) is 1. The molecule has 2 amide bonds. The van der Waals surface area contributed by atoms with Gasteiger partial charge in [0.1, 0.15) is 6.10 Å². The molecule has 0 aliphatic carbocycles. The second kappa shape index (κ2) is 8.65. The first-order chi connectivity index (χ1) is 12.2. The lowest BCUT2D eigenvalue weighted by Crippen LogP contribution is -2.41. The van der Waals surface area contributed by atoms with Crippen molar-refractivity contribution in [2.45, 2.75) is 37.5 Å². The fourth-order valence-electron chi connectivity index (χ4n) is 3.26. The van der Waals surface area contributed by atoms with Crippen molar-refractivity contribution in [3.63, 3.8) is 0 Å². The molecule has 0 unspecified atom stereocenters. The van der Waals surface area contributed by atoms with Crippen LogP contribution in [-0.2, 0) is 0 Å². The number of carbonyl (C=O) groups is 1. The van der Waals surface area contributed by atoms with E-state index in [2.05, 4.69) is 28.4 Å². The van der Waals surface area contributed by atoms with E-state index in [-0.39, 0.29) is 12.1 Å². The second-order valence-corrected chi connectivity index (χ2v) is 8.00. The molecule has 0 saturated carbocycles. The van der Waals surface area contributed by atoms with Gasteiger partial charge in [-0.25, -0.2) is 9.78 Å². The number of amides is 2. The molecule has 2 aliphatic heterocycles. The molecule has 3 heterocycles. The van der Waals surface area contributed by atoms with E-state index in [0.717, 1.165) is 37.6 Å². The molecule has 2 fully saturated rings. The molecule has 2 aliphatic rings. The third-order valence-corrected chi connectivity index (χ3v) is 5.80. The zero-order chi connectivity index (χ0) is 17.6. The number of hydrogen-bond donors (Lipinski definition) is 1. The maximum Gasteiger partial charge on any atom is 0.317 e. The van der Waals surface area contributed by atoms with Crippen LogP contribution in [0.1, 0.15) is 26.2 Å². The number of ether oxygens (including phenoxy) is 1. The summed E-state index contributed by atoms with van der Waals surface area (Å²) >= 11 is 1.76. The lowest BCUT2D eigenvalue weighted by molar-refractivity contribution is 0.187. The van der Waals surface area contributed by atoms with Gasteiger partial charge < -0.3 is 19.9 Å². The molecule has 1 aromatic heterocycles. The van der Waals surface area contributed by atoms with E-state index < -0.39 is 0 Å². The van der Waals surface area contributed by atoms with Crippen LogP contribution in [-0.4, -0.2) is 66.2 Å². The molecular formula is C18H28N4O2S. The molecule has 6 nitrogen and oxygen atoms in total. The number of pyridine rings is 1. The first-order valence-corrected chi connectivity index (χ1v) is 10.4. The molecule has 138 valence electrons. The number of aromatic nitrogens is 1. The van der Waals surface area contributed by atoms with Crippen molar-refractivity contribution < 1.29 is 9.53 Å². The summed E-state index contributed by atoms with van der Waals surface area (Å²) in [5, 5.41) is 3.43. The number of anilines is 1. The van der Waals surface area contributed by atoms with Gasteiger partial charge in [-0.15, -0.1) is 0 Å². The standard InChI is InChI=1S/C18H28N4O2S/c1-14(25-2)12-20-18(23)22-11-7-15(13-22)24-16-6-5-8-19-17(16)21-9-3-4-10-21/h5-6,8,14-15H,3-4,7,9-13H2,1-2H3,(H,20,23)/t14-,15+/m1/s1. The SMILES string of the molecule is CS[C@H](C)CNC(=O)N1CC[C@H](Oc2cccnc2N2CCCC2)C1. The molecule has 0 bridgehead atoms. The maximum absolute atomic E-state index is 12.3. The summed E-state index contributed by atoms with van der Waals surface area (Å²) in [6.45, 7) is 6.27. The number of urea groups is 1. The van der Waals surface area contributed by atoms with Gasteiger partial charge in [0.05, 0.1) is 6.54 Å². The number of carbonyl (C=O) groups excluding carboxylic acids is 1. The van der Waals surface area contributed by atoms with E-state index in [9.17, 15) is 4.79 Å². The summed E-state index contributed by atoms with van der Waals surface area (Å²) in [6, 6.07) is 3.92. The number of likely N-dealkylation sites (tertiary alicyclic amines) is 1. The number of nitrogens with zero attached hydrogens (tertiary/aromatic N) is 3. The summed E-state index contributed by atoms with van der Waals surface area (Å²) in [5.74, 6) is 1.78. The Balaban J connectivity index is 1.54. The van der Waals surface area contributed by atoms with Crippen molar-refractivity contribution in [3.8, 4) is 5.75 Å². The molecule has 7 heteroatoms. The largest absolute Gasteiger partial charge is 0.485 e. The fourth-order valence-corrected chi connectivity index (χ4v) is 3.51. The smallest absolute Gasteiger partial charge is 0.317 e. The summed E-state index contributed by atoms with van der Waals surface area (Å²) in [4.78, 5) is 20.9. The Hall–Kier alpha value is -1.63. The minimum atomic E-state index is 0.0120. The second-order valence-electron chi connectivity index (χ2n) is 6.73. The predicted molar refractivity (Wildman–Crippen MR) is 103 cm³/mol. The Kier molecular flexibility index (Phi) is 6.29. The van der Waals surface area contributed by atoms with Gasteiger partial charge in [0.25, 0.3) is 0 Å². The first kappa shape index (κ1) is 18.2. The summed E-state index contributed by atoms with van der Waals surface area (Å²) in [7, 11) is 0. The normalized spacial score (nSPS) is 21.4. The molecule has 3 rings (SSSR count). The quantitative estimate of drug-likeness (QED) is 0.841. The molecular weight excluding hydrogens is 336 g/mol. The summed E-state index contributed by atoms with van der Waals surface area (Å²) in [5.41, 5.74) is 0. The van der Waals surface area contributed by atoms with E-state index in [1.54, 1.807) is 11.8 Å². The first-order valence-electron chi connectivity index (χ1n) is 9.09. The van der Waals surface area contributed by atoms with Crippen molar-refractivity contribution in [3.05, 3.63) is 18.3 Å². The van der Waals surface area contributed by atoms with Gasteiger partial charge in [-0.1, -0.05) is 6.92 Å². The molecule has 0 radical (unpaired) electrons. The van der Waals surface area contributed by atoms with Crippen molar-refractivity contribution in [2.75, 3.05) is 43.9 Å². The average Bonchev–Trinajstić information content (AvgIpc) is 3.32. The van der Waals surface area contributed by atoms with Crippen LogP contribution < -0.4 is 15.0 Å². The van der Waals surface area contributed by atoms with Gasteiger partial charge in [0, 0.05) is 44.0 Å². The maximum atomic E-state index is 12.3. The molecule has 2 atom stereocenters. The third-order valence-electron chi connectivity index (χ3n) is 4.83. The van der Waals surface area contributed by atoms with Crippen LogP contribution in [0.3, 0.4) is 0 Å². The van der Waals surface area contributed by atoms with Crippen LogP contribution in [0.25, 0.3) is 0 Å². The van der Waals surface area contributed by atoms with Crippen molar-refractivity contribution in [2.24, 2.45) is 0 Å². The summed E-state index contributed by atoms with van der Waals surface area (Å²) in [6.07, 6.45) is 7.20. The van der Waals surface area contributed by atoms with Gasteiger partial charge >= 0.3 is 6.03 Å². The minimum Gasteiger partial charge on any atom is -0.485 e. The van der Waals surface area contributed by atoms with Crippen molar-refractivity contribution >= 4 is 23.6 Å². The lowest BCUT2D eigenvalue weighted by Gasteiger charge is -2.22. The molecule has 1 N–H and O–H groups in total. The van der Waals surface area contributed by atoms with Crippen molar-refractivity contribution in [1.29, 1.82) is 0 Å². The highest BCUT2D eigenvalue weighted by Crippen LogP contribution is 2.30. The Morgan fingerprint density at radius 1 is 1.44 bits per heavy atom. The van der Waals surface area contributed by atoms with Gasteiger partial charge in [-0.2, -0.15) is 11.8 Å². The van der Waals surface area contributed by atoms with E-state index >= 15 is 0 Å². The van der Waals surface area contributed by atoms with Crippen LogP contribution in [0.2, 0.25) is 0 Å². The highest BCUT2D eigenvalue weighted by molar-refractivity contribution is 7.99. The predicted octanol–water partition coefficient (Wildman–Crippen LogP) is 2.60. The highest BCUT2D eigenvalue weighted by atomic mass is 32.2. The van der Waals surface area contributed by atoms with E-state index in [1.165, 1.54) is 12.8 Å².